The Hall–Kier alpha value is -6.59. The first kappa shape index (κ1) is 27.7. The zero-order chi connectivity index (χ0) is 31.9. The summed E-state index contributed by atoms with van der Waals surface area (Å²) in [5.74, 6) is 0.897. The summed E-state index contributed by atoms with van der Waals surface area (Å²) in [6, 6.07) is 60.0. The lowest BCUT2D eigenvalue weighted by Gasteiger charge is -2.40. The lowest BCUT2D eigenvalue weighted by Crippen LogP contribution is -2.24. The number of fused-ring (bicyclic) bond motifs is 2. The highest BCUT2D eigenvalue weighted by Crippen LogP contribution is 2.55. The predicted molar refractivity (Wildman–Crippen MR) is 197 cm³/mol. The summed E-state index contributed by atoms with van der Waals surface area (Å²) in [5.41, 5.74) is 12.1. The van der Waals surface area contributed by atoms with Gasteiger partial charge in [-0.25, -0.2) is 4.98 Å². The molecule has 0 bridgehead atoms. The number of rotatable bonds is 6. The fourth-order valence-electron chi connectivity index (χ4n) is 6.81. The maximum atomic E-state index is 4.81. The highest BCUT2D eigenvalue weighted by atomic mass is 15.3. The SMILES string of the molecule is c1ccc(N2c3ccccc3N(c3cccc(-c4nccn4-c4ccccc4)c3)c3cc(-c4cccn4-c4ccccc4)ccc32)cc1. The molecule has 3 heterocycles. The third kappa shape index (κ3) is 4.68. The van der Waals surface area contributed by atoms with Crippen molar-refractivity contribution in [2.45, 2.75) is 0 Å². The van der Waals surface area contributed by atoms with E-state index in [4.69, 9.17) is 4.98 Å². The molecule has 6 aromatic carbocycles. The normalized spacial score (nSPS) is 12.1. The molecule has 0 unspecified atom stereocenters. The molecule has 0 spiro atoms. The minimum absolute atomic E-state index is 0.897. The van der Waals surface area contributed by atoms with Crippen LogP contribution >= 0.6 is 0 Å². The molecular weight excluding hydrogens is 587 g/mol. The molecule has 0 fully saturated rings. The van der Waals surface area contributed by atoms with Crippen molar-refractivity contribution in [1.29, 1.82) is 0 Å². The largest absolute Gasteiger partial charge is 0.317 e. The first-order chi connectivity index (χ1) is 23.8. The maximum Gasteiger partial charge on any atom is 0.144 e. The fourth-order valence-corrected chi connectivity index (χ4v) is 6.81. The van der Waals surface area contributed by atoms with Crippen molar-refractivity contribution in [2.24, 2.45) is 0 Å². The molecule has 48 heavy (non-hydrogen) atoms. The van der Waals surface area contributed by atoms with Gasteiger partial charge in [0.15, 0.2) is 0 Å². The molecule has 0 saturated heterocycles. The molecule has 0 radical (unpaired) electrons. The highest BCUT2D eigenvalue weighted by molar-refractivity contribution is 6.02. The molecule has 0 N–H and O–H groups in total. The van der Waals surface area contributed by atoms with E-state index in [1.165, 1.54) is 0 Å². The quantitative estimate of drug-likeness (QED) is 0.186. The van der Waals surface area contributed by atoms with Crippen LogP contribution in [-0.2, 0) is 0 Å². The summed E-state index contributed by atoms with van der Waals surface area (Å²) in [7, 11) is 0. The smallest absolute Gasteiger partial charge is 0.144 e. The number of benzene rings is 6. The van der Waals surface area contributed by atoms with E-state index in [0.717, 1.165) is 68.1 Å². The Labute approximate surface area is 279 Å². The second kappa shape index (κ2) is 11.6. The van der Waals surface area contributed by atoms with E-state index >= 15 is 0 Å². The minimum atomic E-state index is 0.897. The van der Waals surface area contributed by atoms with Gasteiger partial charge in [-0.3, -0.25) is 4.57 Å². The van der Waals surface area contributed by atoms with Gasteiger partial charge in [0.1, 0.15) is 5.82 Å². The molecular formula is C43H31N5. The van der Waals surface area contributed by atoms with Crippen molar-refractivity contribution in [2.75, 3.05) is 9.80 Å². The van der Waals surface area contributed by atoms with Crippen LogP contribution in [0.5, 0.6) is 0 Å². The van der Waals surface area contributed by atoms with Gasteiger partial charge < -0.3 is 14.4 Å². The van der Waals surface area contributed by atoms with E-state index in [-0.39, 0.29) is 0 Å². The number of anilines is 6. The number of hydrogen-bond donors (Lipinski definition) is 0. The Morgan fingerprint density at radius 3 is 1.65 bits per heavy atom. The Bertz CT molecular complexity index is 2360. The summed E-state index contributed by atoms with van der Waals surface area (Å²) >= 11 is 0. The number of para-hydroxylation sites is 5. The van der Waals surface area contributed by atoms with Crippen LogP contribution in [0, 0.1) is 0 Å². The van der Waals surface area contributed by atoms with Gasteiger partial charge >= 0.3 is 0 Å². The maximum absolute atomic E-state index is 4.81. The zero-order valence-electron chi connectivity index (χ0n) is 26.1. The van der Waals surface area contributed by atoms with Crippen molar-refractivity contribution in [3.05, 3.63) is 188 Å². The van der Waals surface area contributed by atoms with Crippen LogP contribution < -0.4 is 9.80 Å². The van der Waals surface area contributed by atoms with Crippen molar-refractivity contribution in [3.8, 4) is 34.0 Å². The first-order valence-corrected chi connectivity index (χ1v) is 16.1. The number of aromatic nitrogens is 3. The van der Waals surface area contributed by atoms with Gasteiger partial charge in [0.2, 0.25) is 0 Å². The highest BCUT2D eigenvalue weighted by Gasteiger charge is 2.31. The molecule has 1 aliphatic rings. The van der Waals surface area contributed by atoms with Crippen LogP contribution in [0.2, 0.25) is 0 Å². The van der Waals surface area contributed by atoms with Crippen molar-refractivity contribution >= 4 is 34.1 Å². The Morgan fingerprint density at radius 2 is 0.938 bits per heavy atom. The molecule has 5 heteroatoms. The molecule has 1 aliphatic heterocycles. The lowest BCUT2D eigenvalue weighted by atomic mass is 10.0. The third-order valence-corrected chi connectivity index (χ3v) is 8.95. The monoisotopic (exact) mass is 617 g/mol. The van der Waals surface area contributed by atoms with E-state index in [0.29, 0.717) is 0 Å². The number of nitrogens with zero attached hydrogens (tertiary/aromatic N) is 5. The van der Waals surface area contributed by atoms with E-state index in [1.807, 2.05) is 18.5 Å². The number of imidazole rings is 1. The standard InChI is InChI=1S/C43H31N5/c1-4-15-34(16-5-1)45-28-13-24-38(45)32-25-26-41-42(31-32)48(40-23-11-10-22-39(40)47(41)36-19-8-3-9-20-36)37-21-12-14-33(30-37)43-44-27-29-46(43)35-17-6-2-7-18-35/h1-31H. The van der Waals surface area contributed by atoms with E-state index in [2.05, 4.69) is 189 Å². The second-order valence-corrected chi connectivity index (χ2v) is 11.8. The predicted octanol–water partition coefficient (Wildman–Crippen LogP) is 11.2. The van der Waals surface area contributed by atoms with E-state index in [1.54, 1.807) is 0 Å². The van der Waals surface area contributed by atoms with Crippen LogP contribution in [0.15, 0.2) is 188 Å². The molecule has 0 saturated carbocycles. The van der Waals surface area contributed by atoms with Gasteiger partial charge in [0.05, 0.1) is 28.4 Å². The lowest BCUT2D eigenvalue weighted by molar-refractivity contribution is 1.07. The molecule has 9 rings (SSSR count). The Kier molecular flexibility index (Phi) is 6.72. The number of hydrogen-bond acceptors (Lipinski definition) is 3. The summed E-state index contributed by atoms with van der Waals surface area (Å²) in [5, 5.41) is 0. The van der Waals surface area contributed by atoms with Gasteiger partial charge in [-0.15, -0.1) is 0 Å². The Balaban J connectivity index is 1.24. The van der Waals surface area contributed by atoms with Crippen LogP contribution in [-0.4, -0.2) is 14.1 Å². The van der Waals surface area contributed by atoms with E-state index < -0.39 is 0 Å². The van der Waals surface area contributed by atoms with Gasteiger partial charge in [-0.2, -0.15) is 0 Å². The summed E-state index contributed by atoms with van der Waals surface area (Å²) < 4.78 is 4.39. The van der Waals surface area contributed by atoms with Gasteiger partial charge in [0.25, 0.3) is 0 Å². The minimum Gasteiger partial charge on any atom is -0.317 e. The molecule has 228 valence electrons. The summed E-state index contributed by atoms with van der Waals surface area (Å²) in [6.07, 6.45) is 6.02. The second-order valence-electron chi connectivity index (χ2n) is 11.8. The molecule has 8 aromatic rings. The van der Waals surface area contributed by atoms with Gasteiger partial charge in [-0.1, -0.05) is 84.9 Å². The van der Waals surface area contributed by atoms with Crippen LogP contribution in [0.3, 0.4) is 0 Å². The van der Waals surface area contributed by atoms with Crippen molar-refractivity contribution in [1.82, 2.24) is 14.1 Å². The molecule has 0 amide bonds. The van der Waals surface area contributed by atoms with Crippen molar-refractivity contribution < 1.29 is 0 Å². The van der Waals surface area contributed by atoms with E-state index in [9.17, 15) is 0 Å². The fraction of sp³-hybridized carbons (Fsp3) is 0. The average molecular weight is 618 g/mol. The average Bonchev–Trinajstić information content (AvgIpc) is 3.86. The van der Waals surface area contributed by atoms with Gasteiger partial charge in [0, 0.05) is 52.5 Å². The van der Waals surface area contributed by atoms with Crippen LogP contribution in [0.25, 0.3) is 34.0 Å². The molecule has 5 nitrogen and oxygen atoms in total. The summed E-state index contributed by atoms with van der Waals surface area (Å²) in [4.78, 5) is 9.57. The van der Waals surface area contributed by atoms with Gasteiger partial charge in [-0.05, 0) is 84.9 Å². The first-order valence-electron chi connectivity index (χ1n) is 16.1. The third-order valence-electron chi connectivity index (χ3n) is 8.95. The van der Waals surface area contributed by atoms with Crippen molar-refractivity contribution in [3.63, 3.8) is 0 Å². The summed E-state index contributed by atoms with van der Waals surface area (Å²) in [6.45, 7) is 0. The Morgan fingerprint density at radius 1 is 0.354 bits per heavy atom. The zero-order valence-corrected chi connectivity index (χ0v) is 26.1. The topological polar surface area (TPSA) is 29.2 Å². The molecule has 2 aromatic heterocycles. The van der Waals surface area contributed by atoms with Crippen LogP contribution in [0.1, 0.15) is 0 Å². The molecule has 0 aliphatic carbocycles. The molecule has 0 atom stereocenters. The van der Waals surface area contributed by atoms with Crippen LogP contribution in [0.4, 0.5) is 34.1 Å².